The van der Waals surface area contributed by atoms with Crippen LogP contribution in [0.2, 0.25) is 5.02 Å². The van der Waals surface area contributed by atoms with Crippen LogP contribution in [0.1, 0.15) is 0 Å². The third-order valence-electron chi connectivity index (χ3n) is 4.57. The zero-order chi connectivity index (χ0) is 21.6. The quantitative estimate of drug-likeness (QED) is 0.355. The van der Waals surface area contributed by atoms with Gasteiger partial charge >= 0.3 is 0 Å². The summed E-state index contributed by atoms with van der Waals surface area (Å²) in [5, 5.41) is 4.23. The summed E-state index contributed by atoms with van der Waals surface area (Å²) in [6.07, 6.45) is 1.81. The second-order valence-electron chi connectivity index (χ2n) is 6.67. The molecule has 0 radical (unpaired) electrons. The van der Waals surface area contributed by atoms with E-state index in [0.717, 1.165) is 28.4 Å². The van der Waals surface area contributed by atoms with Gasteiger partial charge in [-0.3, -0.25) is 9.36 Å². The Balaban J connectivity index is 1.62. The van der Waals surface area contributed by atoms with Crippen molar-refractivity contribution in [2.45, 2.75) is 5.16 Å². The number of amides is 1. The summed E-state index contributed by atoms with van der Waals surface area (Å²) in [7, 11) is 1.64. The largest absolute Gasteiger partial charge is 0.497 e. The van der Waals surface area contributed by atoms with E-state index in [0.29, 0.717) is 10.2 Å². The lowest BCUT2D eigenvalue weighted by atomic mass is 10.1. The van der Waals surface area contributed by atoms with Gasteiger partial charge in [-0.05, 0) is 54.6 Å². The molecule has 4 aromatic rings. The Morgan fingerprint density at radius 2 is 1.84 bits per heavy atom. The summed E-state index contributed by atoms with van der Waals surface area (Å²) in [5.41, 5.74) is 3.52. The number of hydrogen-bond acceptors (Lipinski definition) is 4. The van der Waals surface area contributed by atoms with Gasteiger partial charge in [0.05, 0.1) is 24.8 Å². The molecule has 0 aliphatic carbocycles. The molecule has 0 unspecified atom stereocenters. The monoisotopic (exact) mass is 449 g/mol. The van der Waals surface area contributed by atoms with Gasteiger partial charge in [0.25, 0.3) is 0 Å². The number of benzene rings is 3. The van der Waals surface area contributed by atoms with Crippen molar-refractivity contribution < 1.29 is 9.53 Å². The molecule has 0 spiro atoms. The standard InChI is InChI=1S/C24H20ClN3O2S/c1-30-21-12-10-17(11-13-21)22-15-26-24(28(22)20-9-5-6-18(25)14-20)31-16-23(29)27-19-7-3-2-4-8-19/h2-15H,16H2,1H3,(H,27,29). The minimum absolute atomic E-state index is 0.0946. The molecule has 1 amide bonds. The van der Waals surface area contributed by atoms with Crippen molar-refractivity contribution in [3.8, 4) is 22.7 Å². The molecule has 0 saturated heterocycles. The average Bonchev–Trinajstić information content (AvgIpc) is 3.22. The number of rotatable bonds is 7. The van der Waals surface area contributed by atoms with Crippen LogP contribution in [0.5, 0.6) is 5.75 Å². The van der Waals surface area contributed by atoms with Crippen molar-refractivity contribution in [1.82, 2.24) is 9.55 Å². The number of aromatic nitrogens is 2. The van der Waals surface area contributed by atoms with E-state index >= 15 is 0 Å². The van der Waals surface area contributed by atoms with E-state index in [1.807, 2.05) is 83.4 Å². The lowest BCUT2D eigenvalue weighted by Gasteiger charge is -2.13. The van der Waals surface area contributed by atoms with E-state index in [9.17, 15) is 4.79 Å². The van der Waals surface area contributed by atoms with Crippen LogP contribution in [0.4, 0.5) is 5.69 Å². The van der Waals surface area contributed by atoms with E-state index in [4.69, 9.17) is 16.3 Å². The Labute approximate surface area is 190 Å². The number of para-hydroxylation sites is 1. The van der Waals surface area contributed by atoms with Crippen molar-refractivity contribution in [3.05, 3.63) is 90.1 Å². The summed E-state index contributed by atoms with van der Waals surface area (Å²) < 4.78 is 7.27. The lowest BCUT2D eigenvalue weighted by molar-refractivity contribution is -0.113. The lowest BCUT2D eigenvalue weighted by Crippen LogP contribution is -2.14. The molecule has 1 aromatic heterocycles. The molecule has 0 saturated carbocycles. The summed E-state index contributed by atoms with van der Waals surface area (Å²) >= 11 is 7.62. The number of thioether (sulfide) groups is 1. The number of nitrogens with one attached hydrogen (secondary N) is 1. The first-order chi connectivity index (χ1) is 15.1. The second kappa shape index (κ2) is 9.73. The number of methoxy groups -OCH3 is 1. The van der Waals surface area contributed by atoms with Crippen molar-refractivity contribution >= 4 is 35.0 Å². The van der Waals surface area contributed by atoms with Crippen LogP contribution in [0.15, 0.2) is 90.2 Å². The second-order valence-corrected chi connectivity index (χ2v) is 8.05. The maximum Gasteiger partial charge on any atom is 0.234 e. The first-order valence-corrected chi connectivity index (χ1v) is 11.0. The summed E-state index contributed by atoms with van der Waals surface area (Å²) in [6, 6.07) is 24.7. The van der Waals surface area contributed by atoms with Gasteiger partial charge in [-0.15, -0.1) is 0 Å². The molecule has 1 N–H and O–H groups in total. The normalized spacial score (nSPS) is 10.6. The minimum atomic E-state index is -0.0946. The number of ether oxygens (including phenoxy) is 1. The highest BCUT2D eigenvalue weighted by atomic mass is 35.5. The van der Waals surface area contributed by atoms with Crippen LogP contribution in [0, 0.1) is 0 Å². The molecule has 1 heterocycles. The van der Waals surface area contributed by atoms with E-state index in [-0.39, 0.29) is 11.7 Å². The first kappa shape index (κ1) is 21.0. The number of anilines is 1. The third-order valence-corrected chi connectivity index (χ3v) is 5.76. The predicted octanol–water partition coefficient (Wildman–Crippen LogP) is 5.93. The molecule has 3 aromatic carbocycles. The average molecular weight is 450 g/mol. The number of hydrogen-bond donors (Lipinski definition) is 1. The first-order valence-electron chi connectivity index (χ1n) is 9.60. The Kier molecular flexibility index (Phi) is 6.60. The zero-order valence-electron chi connectivity index (χ0n) is 16.8. The van der Waals surface area contributed by atoms with Crippen LogP contribution in [0.25, 0.3) is 16.9 Å². The molecular weight excluding hydrogens is 430 g/mol. The molecule has 5 nitrogen and oxygen atoms in total. The summed E-state index contributed by atoms with van der Waals surface area (Å²) in [5.74, 6) is 0.918. The summed E-state index contributed by atoms with van der Waals surface area (Å²) in [6.45, 7) is 0. The highest BCUT2D eigenvalue weighted by Crippen LogP contribution is 2.31. The molecule has 0 aliphatic rings. The fourth-order valence-electron chi connectivity index (χ4n) is 3.12. The molecular formula is C24H20ClN3O2S. The van der Waals surface area contributed by atoms with Crippen LogP contribution < -0.4 is 10.1 Å². The molecule has 31 heavy (non-hydrogen) atoms. The van der Waals surface area contributed by atoms with Crippen LogP contribution in [-0.2, 0) is 4.79 Å². The Morgan fingerprint density at radius 3 is 2.55 bits per heavy atom. The number of carbonyl (C=O) groups excluding carboxylic acids is 1. The number of carbonyl (C=O) groups is 1. The SMILES string of the molecule is COc1ccc(-c2cnc(SCC(=O)Nc3ccccc3)n2-c2cccc(Cl)c2)cc1. The molecule has 0 bridgehead atoms. The molecule has 7 heteroatoms. The van der Waals surface area contributed by atoms with Gasteiger partial charge in [-0.25, -0.2) is 4.98 Å². The van der Waals surface area contributed by atoms with E-state index < -0.39 is 0 Å². The Hall–Kier alpha value is -3.22. The number of halogens is 1. The van der Waals surface area contributed by atoms with Gasteiger partial charge in [0.1, 0.15) is 5.75 Å². The zero-order valence-corrected chi connectivity index (χ0v) is 18.4. The highest BCUT2D eigenvalue weighted by molar-refractivity contribution is 7.99. The topological polar surface area (TPSA) is 56.1 Å². The summed E-state index contributed by atoms with van der Waals surface area (Å²) in [4.78, 5) is 17.0. The Bertz CT molecular complexity index is 1180. The fourth-order valence-corrected chi connectivity index (χ4v) is 4.09. The highest BCUT2D eigenvalue weighted by Gasteiger charge is 2.16. The maximum absolute atomic E-state index is 12.4. The van der Waals surface area contributed by atoms with Gasteiger partial charge in [-0.2, -0.15) is 0 Å². The molecule has 0 fully saturated rings. The number of imidazole rings is 1. The third kappa shape index (κ3) is 5.10. The fraction of sp³-hybridized carbons (Fsp3) is 0.0833. The van der Waals surface area contributed by atoms with Gasteiger partial charge in [0.2, 0.25) is 5.91 Å². The van der Waals surface area contributed by atoms with Gasteiger partial charge in [0, 0.05) is 22.0 Å². The predicted molar refractivity (Wildman–Crippen MR) is 126 cm³/mol. The molecule has 156 valence electrons. The molecule has 0 aliphatic heterocycles. The van der Waals surface area contributed by atoms with Crippen molar-refractivity contribution in [1.29, 1.82) is 0 Å². The maximum atomic E-state index is 12.4. The van der Waals surface area contributed by atoms with Gasteiger partial charge in [-0.1, -0.05) is 47.6 Å². The van der Waals surface area contributed by atoms with Crippen LogP contribution in [-0.4, -0.2) is 28.3 Å². The Morgan fingerprint density at radius 1 is 1.06 bits per heavy atom. The van der Waals surface area contributed by atoms with Gasteiger partial charge in [0.15, 0.2) is 5.16 Å². The number of nitrogens with zero attached hydrogens (tertiary/aromatic N) is 2. The van der Waals surface area contributed by atoms with E-state index in [2.05, 4.69) is 10.3 Å². The van der Waals surface area contributed by atoms with E-state index in [1.165, 1.54) is 11.8 Å². The van der Waals surface area contributed by atoms with Crippen molar-refractivity contribution in [2.75, 3.05) is 18.2 Å². The smallest absolute Gasteiger partial charge is 0.234 e. The molecule has 0 atom stereocenters. The van der Waals surface area contributed by atoms with Gasteiger partial charge < -0.3 is 10.1 Å². The van der Waals surface area contributed by atoms with Crippen molar-refractivity contribution in [2.24, 2.45) is 0 Å². The van der Waals surface area contributed by atoms with Crippen LogP contribution >= 0.6 is 23.4 Å². The molecule has 4 rings (SSSR count). The van der Waals surface area contributed by atoms with Crippen molar-refractivity contribution in [3.63, 3.8) is 0 Å². The van der Waals surface area contributed by atoms with E-state index in [1.54, 1.807) is 13.3 Å². The minimum Gasteiger partial charge on any atom is -0.497 e. The van der Waals surface area contributed by atoms with Crippen LogP contribution in [0.3, 0.4) is 0 Å².